The number of hydrogen-bond acceptors (Lipinski definition) is 4. The zero-order valence-corrected chi connectivity index (χ0v) is 11.0. The van der Waals surface area contributed by atoms with E-state index in [9.17, 15) is 9.59 Å². The molecule has 0 aromatic carbocycles. The minimum Gasteiger partial charge on any atom is -0.480 e. The van der Waals surface area contributed by atoms with E-state index >= 15 is 0 Å². The molecule has 3 N–H and O–H groups in total. The molecule has 1 heterocycles. The second-order valence-corrected chi connectivity index (χ2v) is 4.10. The maximum absolute atomic E-state index is 11.6. The van der Waals surface area contributed by atoms with Crippen LogP contribution in [0.3, 0.4) is 0 Å². The lowest BCUT2D eigenvalue weighted by Crippen LogP contribution is -2.45. The number of carbonyl (C=O) groups excluding carboxylic acids is 1. The van der Waals surface area contributed by atoms with Gasteiger partial charge in [0, 0.05) is 6.20 Å². The number of aliphatic carboxylic acids is 1. The van der Waals surface area contributed by atoms with Crippen molar-refractivity contribution >= 4 is 12.0 Å². The molecule has 0 saturated carbocycles. The van der Waals surface area contributed by atoms with Gasteiger partial charge in [-0.2, -0.15) is 0 Å². The molecule has 0 bridgehead atoms. The van der Waals surface area contributed by atoms with Crippen LogP contribution in [0.25, 0.3) is 0 Å². The maximum Gasteiger partial charge on any atom is 0.326 e. The number of urea groups is 1. The van der Waals surface area contributed by atoms with E-state index in [-0.39, 0.29) is 6.54 Å². The Morgan fingerprint density at radius 2 is 2.21 bits per heavy atom. The molecule has 1 aromatic rings. The standard InChI is InChI=1S/C12H18N4O3/c1-3-4-10(11(17)18)16-12(19)14-7-9-5-6-13-8(2)15-9/h5-6,10H,3-4,7H2,1-2H3,(H,17,18)(H2,14,16,19)/t10-/m1/s1. The summed E-state index contributed by atoms with van der Waals surface area (Å²) in [6.45, 7) is 3.85. The highest BCUT2D eigenvalue weighted by Gasteiger charge is 2.18. The molecule has 104 valence electrons. The summed E-state index contributed by atoms with van der Waals surface area (Å²) in [6.07, 6.45) is 2.69. The van der Waals surface area contributed by atoms with Gasteiger partial charge in [0.15, 0.2) is 0 Å². The fourth-order valence-electron chi connectivity index (χ4n) is 1.53. The first-order valence-electron chi connectivity index (χ1n) is 6.08. The number of carbonyl (C=O) groups is 2. The first-order valence-corrected chi connectivity index (χ1v) is 6.08. The highest BCUT2D eigenvalue weighted by Crippen LogP contribution is 1.97. The quantitative estimate of drug-likeness (QED) is 0.707. The molecule has 2 amide bonds. The molecule has 0 saturated heterocycles. The Bertz CT molecular complexity index is 450. The second kappa shape index (κ2) is 7.30. The van der Waals surface area contributed by atoms with E-state index in [0.29, 0.717) is 24.4 Å². The fourth-order valence-corrected chi connectivity index (χ4v) is 1.53. The van der Waals surface area contributed by atoms with Crippen LogP contribution < -0.4 is 10.6 Å². The van der Waals surface area contributed by atoms with Crippen LogP contribution in [0.4, 0.5) is 4.79 Å². The Kier molecular flexibility index (Phi) is 5.72. The molecule has 1 rings (SSSR count). The van der Waals surface area contributed by atoms with Crippen LogP contribution in [-0.2, 0) is 11.3 Å². The fraction of sp³-hybridized carbons (Fsp3) is 0.500. The molecule has 1 atom stereocenters. The first-order chi connectivity index (χ1) is 9.02. The lowest BCUT2D eigenvalue weighted by molar-refractivity contribution is -0.139. The summed E-state index contributed by atoms with van der Waals surface area (Å²) in [5.41, 5.74) is 0.671. The number of nitrogens with zero attached hydrogens (tertiary/aromatic N) is 2. The topological polar surface area (TPSA) is 104 Å². The predicted molar refractivity (Wildman–Crippen MR) is 68.5 cm³/mol. The van der Waals surface area contributed by atoms with Crippen LogP contribution in [0.5, 0.6) is 0 Å². The normalized spacial score (nSPS) is 11.7. The molecule has 0 spiro atoms. The summed E-state index contributed by atoms with van der Waals surface area (Å²) < 4.78 is 0. The highest BCUT2D eigenvalue weighted by molar-refractivity contribution is 5.82. The van der Waals surface area contributed by atoms with Crippen molar-refractivity contribution in [2.75, 3.05) is 0 Å². The van der Waals surface area contributed by atoms with Gasteiger partial charge in [-0.1, -0.05) is 13.3 Å². The van der Waals surface area contributed by atoms with Gasteiger partial charge >= 0.3 is 12.0 Å². The van der Waals surface area contributed by atoms with Gasteiger partial charge in [0.1, 0.15) is 11.9 Å². The molecule has 19 heavy (non-hydrogen) atoms. The Morgan fingerprint density at radius 3 is 2.79 bits per heavy atom. The van der Waals surface area contributed by atoms with Crippen LogP contribution >= 0.6 is 0 Å². The van der Waals surface area contributed by atoms with Gasteiger partial charge in [-0.25, -0.2) is 19.6 Å². The van der Waals surface area contributed by atoms with Crippen LogP contribution in [-0.4, -0.2) is 33.1 Å². The van der Waals surface area contributed by atoms with Crippen molar-refractivity contribution in [3.63, 3.8) is 0 Å². The molecule has 1 aromatic heterocycles. The van der Waals surface area contributed by atoms with Gasteiger partial charge in [0.05, 0.1) is 12.2 Å². The minimum atomic E-state index is -1.03. The van der Waals surface area contributed by atoms with Crippen molar-refractivity contribution in [2.45, 2.75) is 39.3 Å². The lowest BCUT2D eigenvalue weighted by atomic mass is 10.2. The van der Waals surface area contributed by atoms with E-state index in [1.807, 2.05) is 6.92 Å². The van der Waals surface area contributed by atoms with E-state index in [1.54, 1.807) is 19.2 Å². The van der Waals surface area contributed by atoms with Crippen molar-refractivity contribution < 1.29 is 14.7 Å². The van der Waals surface area contributed by atoms with Crippen LogP contribution in [0, 0.1) is 6.92 Å². The lowest BCUT2D eigenvalue weighted by Gasteiger charge is -2.14. The van der Waals surface area contributed by atoms with Crippen LogP contribution in [0.2, 0.25) is 0 Å². The Balaban J connectivity index is 2.44. The maximum atomic E-state index is 11.6. The summed E-state index contributed by atoms with van der Waals surface area (Å²) in [5, 5.41) is 13.9. The monoisotopic (exact) mass is 266 g/mol. The first kappa shape index (κ1) is 14.9. The average molecular weight is 266 g/mol. The van der Waals surface area contributed by atoms with Gasteiger partial charge in [0.2, 0.25) is 0 Å². The van der Waals surface area contributed by atoms with Crippen molar-refractivity contribution in [3.05, 3.63) is 23.8 Å². The SMILES string of the molecule is CCC[C@@H](NC(=O)NCc1ccnc(C)n1)C(=O)O. The summed E-state index contributed by atoms with van der Waals surface area (Å²) in [7, 11) is 0. The third-order valence-electron chi connectivity index (χ3n) is 2.44. The molecule has 0 fully saturated rings. The van der Waals surface area contributed by atoms with E-state index < -0.39 is 18.0 Å². The number of aromatic nitrogens is 2. The molecule has 0 aliphatic heterocycles. The van der Waals surface area contributed by atoms with E-state index in [2.05, 4.69) is 20.6 Å². The van der Waals surface area contributed by atoms with E-state index in [1.165, 1.54) is 0 Å². The molecular formula is C12H18N4O3. The number of carboxylic acid groups (broad SMARTS) is 1. The summed E-state index contributed by atoms with van der Waals surface area (Å²) in [6, 6.07) is 0.308. The van der Waals surface area contributed by atoms with E-state index in [0.717, 1.165) is 0 Å². The summed E-state index contributed by atoms with van der Waals surface area (Å²) >= 11 is 0. The Morgan fingerprint density at radius 1 is 1.47 bits per heavy atom. The predicted octanol–water partition coefficient (Wildman–Crippen LogP) is 0.838. The minimum absolute atomic E-state index is 0.230. The zero-order valence-electron chi connectivity index (χ0n) is 11.0. The van der Waals surface area contributed by atoms with E-state index in [4.69, 9.17) is 5.11 Å². The Labute approximate surface area is 111 Å². The molecule has 0 radical (unpaired) electrons. The van der Waals surface area contributed by atoms with Crippen molar-refractivity contribution in [1.82, 2.24) is 20.6 Å². The zero-order chi connectivity index (χ0) is 14.3. The van der Waals surface area contributed by atoms with Crippen molar-refractivity contribution in [1.29, 1.82) is 0 Å². The number of carboxylic acids is 1. The largest absolute Gasteiger partial charge is 0.480 e. The second-order valence-electron chi connectivity index (χ2n) is 4.10. The van der Waals surface area contributed by atoms with Crippen molar-refractivity contribution in [2.24, 2.45) is 0 Å². The van der Waals surface area contributed by atoms with Gasteiger partial charge in [0.25, 0.3) is 0 Å². The number of amides is 2. The Hall–Kier alpha value is -2.18. The van der Waals surface area contributed by atoms with Gasteiger partial charge < -0.3 is 15.7 Å². The molecule has 0 aliphatic rings. The third-order valence-corrected chi connectivity index (χ3v) is 2.44. The third kappa shape index (κ3) is 5.33. The molecule has 0 aliphatic carbocycles. The summed E-state index contributed by atoms with van der Waals surface area (Å²) in [4.78, 5) is 30.5. The molecule has 7 nitrogen and oxygen atoms in total. The number of hydrogen-bond donors (Lipinski definition) is 3. The molecule has 0 unspecified atom stereocenters. The van der Waals surface area contributed by atoms with Crippen LogP contribution in [0.1, 0.15) is 31.3 Å². The highest BCUT2D eigenvalue weighted by atomic mass is 16.4. The van der Waals surface area contributed by atoms with Gasteiger partial charge in [-0.15, -0.1) is 0 Å². The summed E-state index contributed by atoms with van der Waals surface area (Å²) in [5.74, 6) is -0.413. The number of aryl methyl sites for hydroxylation is 1. The number of nitrogens with one attached hydrogen (secondary N) is 2. The molecular weight excluding hydrogens is 248 g/mol. The van der Waals surface area contributed by atoms with Gasteiger partial charge in [-0.05, 0) is 19.4 Å². The number of rotatable bonds is 6. The average Bonchev–Trinajstić information content (AvgIpc) is 2.36. The van der Waals surface area contributed by atoms with Gasteiger partial charge in [-0.3, -0.25) is 0 Å². The molecule has 7 heteroatoms. The smallest absolute Gasteiger partial charge is 0.326 e. The van der Waals surface area contributed by atoms with Crippen LogP contribution in [0.15, 0.2) is 12.3 Å². The van der Waals surface area contributed by atoms with Crippen molar-refractivity contribution in [3.8, 4) is 0 Å².